The quantitative estimate of drug-likeness (QED) is 0.109. The molecule has 0 aliphatic rings. The Hall–Kier alpha value is -6.37. The number of nitro benzene ring substituents is 1. The number of furan rings is 1. The van der Waals surface area contributed by atoms with Gasteiger partial charge < -0.3 is 19.2 Å². The summed E-state index contributed by atoms with van der Waals surface area (Å²) in [5.41, 5.74) is 0.426. The topological polar surface area (TPSA) is 151 Å². The van der Waals surface area contributed by atoms with Crippen molar-refractivity contribution in [3.8, 4) is 23.1 Å². The Bertz CT molecular complexity index is 2180. The summed E-state index contributed by atoms with van der Waals surface area (Å²) in [6, 6.07) is 23.7. The Morgan fingerprint density at radius 3 is 2.65 bits per heavy atom. The molecule has 0 bridgehead atoms. The third-order valence-corrected chi connectivity index (χ3v) is 6.73. The highest BCUT2D eigenvalue weighted by Crippen LogP contribution is 2.38. The van der Waals surface area contributed by atoms with Crippen LogP contribution in [0.4, 0.5) is 15.8 Å². The van der Waals surface area contributed by atoms with Crippen LogP contribution in [-0.4, -0.2) is 39.9 Å². The summed E-state index contributed by atoms with van der Waals surface area (Å²) in [6.45, 7) is 1.17. The molecule has 0 atom stereocenters. The lowest BCUT2D eigenvalue weighted by Gasteiger charge is -2.13. The lowest BCUT2D eigenvalue weighted by molar-refractivity contribution is -0.385. The molecule has 1 amide bonds. The van der Waals surface area contributed by atoms with Crippen molar-refractivity contribution in [2.75, 3.05) is 18.5 Å². The molecular weight excluding hydrogens is 597 g/mol. The number of carbonyl (C=O) groups excluding carboxylic acids is 1. The molecule has 230 valence electrons. The molecule has 12 nitrogen and oxygen atoms in total. The molecule has 0 radical (unpaired) electrons. The van der Waals surface area contributed by atoms with Gasteiger partial charge in [0.05, 0.1) is 28.6 Å². The molecule has 4 aromatic carbocycles. The number of nitrogens with one attached hydrogen (secondary N) is 1. The van der Waals surface area contributed by atoms with Gasteiger partial charge in [-0.15, -0.1) is 0 Å². The second kappa shape index (κ2) is 12.7. The maximum absolute atomic E-state index is 13.6. The van der Waals surface area contributed by atoms with Crippen molar-refractivity contribution < 1.29 is 28.0 Å². The van der Waals surface area contributed by atoms with E-state index in [2.05, 4.69) is 15.4 Å². The molecule has 6 aromatic rings. The van der Waals surface area contributed by atoms with Crippen molar-refractivity contribution in [1.29, 1.82) is 0 Å². The summed E-state index contributed by atoms with van der Waals surface area (Å²) in [5, 5.41) is 20.1. The summed E-state index contributed by atoms with van der Waals surface area (Å²) in [6.07, 6.45) is 1.25. The van der Waals surface area contributed by atoms with E-state index in [1.165, 1.54) is 36.5 Å². The van der Waals surface area contributed by atoms with Crippen molar-refractivity contribution in [2.24, 2.45) is 5.10 Å². The van der Waals surface area contributed by atoms with E-state index in [4.69, 9.17) is 13.9 Å². The van der Waals surface area contributed by atoms with E-state index >= 15 is 0 Å². The third kappa shape index (κ3) is 6.15. The van der Waals surface area contributed by atoms with E-state index in [0.717, 1.165) is 16.1 Å². The van der Waals surface area contributed by atoms with Crippen molar-refractivity contribution >= 4 is 45.4 Å². The Labute approximate surface area is 259 Å². The third-order valence-electron chi connectivity index (χ3n) is 6.73. The smallest absolute Gasteiger partial charge is 0.315 e. The highest BCUT2D eigenvalue weighted by molar-refractivity contribution is 5.92. The molecular formula is C33H24FN5O7. The van der Waals surface area contributed by atoms with Gasteiger partial charge in [-0.05, 0) is 55.5 Å². The lowest BCUT2D eigenvalue weighted by Crippen LogP contribution is -2.21. The zero-order chi connectivity index (χ0) is 32.2. The van der Waals surface area contributed by atoms with Crippen molar-refractivity contribution in [3.63, 3.8) is 0 Å². The van der Waals surface area contributed by atoms with Crippen LogP contribution in [0.15, 0.2) is 105 Å². The number of benzene rings is 4. The van der Waals surface area contributed by atoms with E-state index in [1.807, 2.05) is 18.2 Å². The molecule has 46 heavy (non-hydrogen) atoms. The zero-order valence-corrected chi connectivity index (χ0v) is 24.2. The van der Waals surface area contributed by atoms with Gasteiger partial charge in [-0.25, -0.2) is 9.37 Å². The van der Waals surface area contributed by atoms with E-state index in [1.54, 1.807) is 43.3 Å². The van der Waals surface area contributed by atoms with Crippen LogP contribution >= 0.6 is 0 Å². The normalized spacial score (nSPS) is 11.3. The average Bonchev–Trinajstić information content (AvgIpc) is 3.48. The van der Waals surface area contributed by atoms with Crippen LogP contribution in [0.5, 0.6) is 11.5 Å². The number of hydrogen-bond donors (Lipinski definition) is 1. The van der Waals surface area contributed by atoms with Gasteiger partial charge in [0, 0.05) is 22.7 Å². The van der Waals surface area contributed by atoms with E-state index in [-0.39, 0.29) is 35.2 Å². The van der Waals surface area contributed by atoms with E-state index in [9.17, 15) is 24.1 Å². The summed E-state index contributed by atoms with van der Waals surface area (Å²) in [4.78, 5) is 42.1. The number of hydrogen-bond acceptors (Lipinski definition) is 9. The van der Waals surface area contributed by atoms with E-state index in [0.29, 0.717) is 22.2 Å². The molecule has 2 heterocycles. The number of aromatic nitrogens is 2. The molecule has 0 aliphatic carbocycles. The predicted molar refractivity (Wildman–Crippen MR) is 169 cm³/mol. The van der Waals surface area contributed by atoms with Crippen LogP contribution in [0.2, 0.25) is 0 Å². The number of halogens is 1. The fourth-order valence-corrected chi connectivity index (χ4v) is 4.73. The summed E-state index contributed by atoms with van der Waals surface area (Å²) in [5.74, 6) is -1.11. The first kappa shape index (κ1) is 29.7. The number of rotatable bonds is 10. The summed E-state index contributed by atoms with van der Waals surface area (Å²) < 4.78 is 31.7. The Balaban J connectivity index is 1.37. The van der Waals surface area contributed by atoms with Crippen LogP contribution in [-0.2, 0) is 4.79 Å². The Morgan fingerprint density at radius 1 is 1.07 bits per heavy atom. The number of nitro groups is 1. The van der Waals surface area contributed by atoms with Gasteiger partial charge in [0.15, 0.2) is 18.1 Å². The lowest BCUT2D eigenvalue weighted by atomic mass is 10.2. The minimum Gasteiger partial charge on any atom is -0.490 e. The van der Waals surface area contributed by atoms with Gasteiger partial charge in [0.2, 0.25) is 11.6 Å². The molecule has 13 heteroatoms. The van der Waals surface area contributed by atoms with Crippen LogP contribution in [0, 0.1) is 15.9 Å². The molecule has 1 N–H and O–H groups in total. The first-order valence-electron chi connectivity index (χ1n) is 14.0. The van der Waals surface area contributed by atoms with Crippen molar-refractivity contribution in [3.05, 3.63) is 123 Å². The molecule has 0 spiro atoms. The predicted octanol–water partition coefficient (Wildman–Crippen LogP) is 6.16. The highest BCUT2D eigenvalue weighted by atomic mass is 19.1. The second-order valence-electron chi connectivity index (χ2n) is 9.87. The number of anilines is 1. The van der Waals surface area contributed by atoms with Crippen molar-refractivity contribution in [1.82, 2.24) is 9.66 Å². The molecule has 0 saturated heterocycles. The zero-order valence-electron chi connectivity index (χ0n) is 24.2. The molecule has 2 aromatic heterocycles. The standard InChI is InChI=1S/C33H24FN5O7/c1-2-44-28-15-20(14-26(39(42)43)31(28)45-19-30(40)36-23-10-7-9-22(34)17-23)18-35-38-32(29-16-21-8-3-6-13-27(21)46-29)37-25-12-5-4-11-24(25)33(38)41/h3-18H,2,19H2,1H3,(H,36,40). The van der Waals surface area contributed by atoms with Crippen LogP contribution in [0.25, 0.3) is 33.5 Å². The number of amides is 1. The Morgan fingerprint density at radius 2 is 1.87 bits per heavy atom. The second-order valence-corrected chi connectivity index (χ2v) is 9.87. The number of ether oxygens (including phenoxy) is 2. The van der Waals surface area contributed by atoms with E-state index < -0.39 is 34.5 Å². The highest BCUT2D eigenvalue weighted by Gasteiger charge is 2.24. The van der Waals surface area contributed by atoms with Gasteiger partial charge >= 0.3 is 5.69 Å². The van der Waals surface area contributed by atoms with Crippen LogP contribution in [0.1, 0.15) is 12.5 Å². The minimum atomic E-state index is -0.691. The van der Waals surface area contributed by atoms with Gasteiger partial charge in [0.25, 0.3) is 11.5 Å². The molecule has 0 fully saturated rings. The number of fused-ring (bicyclic) bond motifs is 2. The summed E-state index contributed by atoms with van der Waals surface area (Å²) >= 11 is 0. The maximum Gasteiger partial charge on any atom is 0.315 e. The number of nitrogens with zero attached hydrogens (tertiary/aromatic N) is 4. The SMILES string of the molecule is CCOc1cc(C=Nn2c(-c3cc4ccccc4o3)nc3ccccc3c2=O)cc([N+](=O)[O-])c1OCC(=O)Nc1cccc(F)c1. The molecule has 0 unspecified atom stereocenters. The molecule has 0 saturated carbocycles. The number of carbonyl (C=O) groups is 1. The monoisotopic (exact) mass is 621 g/mol. The van der Waals surface area contributed by atoms with Crippen LogP contribution in [0.3, 0.4) is 0 Å². The summed E-state index contributed by atoms with van der Waals surface area (Å²) in [7, 11) is 0. The van der Waals surface area contributed by atoms with Gasteiger partial charge in [0.1, 0.15) is 11.4 Å². The minimum absolute atomic E-state index is 0.0294. The van der Waals surface area contributed by atoms with Crippen molar-refractivity contribution in [2.45, 2.75) is 6.92 Å². The number of para-hydroxylation sites is 2. The maximum atomic E-state index is 13.6. The Kier molecular flexibility index (Phi) is 8.20. The fourth-order valence-electron chi connectivity index (χ4n) is 4.73. The van der Waals surface area contributed by atoms with Gasteiger partial charge in [-0.1, -0.05) is 36.4 Å². The van der Waals surface area contributed by atoms with Crippen LogP contribution < -0.4 is 20.3 Å². The largest absolute Gasteiger partial charge is 0.490 e. The average molecular weight is 622 g/mol. The van der Waals surface area contributed by atoms with Gasteiger partial charge in [-0.2, -0.15) is 9.78 Å². The fraction of sp³-hybridized carbons (Fsp3) is 0.0909. The molecule has 6 rings (SSSR count). The first-order chi connectivity index (χ1) is 22.3. The first-order valence-corrected chi connectivity index (χ1v) is 14.0. The van der Waals surface area contributed by atoms with Gasteiger partial charge in [-0.3, -0.25) is 19.7 Å². The molecule has 0 aliphatic heterocycles.